The summed E-state index contributed by atoms with van der Waals surface area (Å²) in [6.07, 6.45) is 1.51. The van der Waals surface area contributed by atoms with Gasteiger partial charge in [0.2, 0.25) is 0 Å². The standard InChI is InChI=1S/C24H32O7/c1-6-12(2)19(26)30-18-17-14(4)15-9-22(11-25)20(27)29-16-8-7-13(3)21(18,5)23(16,28)10-24(17,22)31-15/h6,13,15-16,18,25,28H,7-11H2,1-5H3. The molecule has 2 aliphatic carbocycles. The normalized spacial score (nSPS) is 50.3. The van der Waals surface area contributed by atoms with Gasteiger partial charge in [-0.15, -0.1) is 0 Å². The van der Waals surface area contributed by atoms with E-state index in [0.717, 1.165) is 17.6 Å². The van der Waals surface area contributed by atoms with E-state index in [0.29, 0.717) is 18.4 Å². The van der Waals surface area contributed by atoms with Crippen LogP contribution in [0.4, 0.5) is 0 Å². The third-order valence-corrected chi connectivity index (χ3v) is 9.56. The predicted molar refractivity (Wildman–Crippen MR) is 110 cm³/mol. The molecule has 7 heteroatoms. The van der Waals surface area contributed by atoms with Crippen LogP contribution < -0.4 is 0 Å². The summed E-state index contributed by atoms with van der Waals surface area (Å²) >= 11 is 0. The molecule has 3 aliphatic heterocycles. The summed E-state index contributed by atoms with van der Waals surface area (Å²) in [6, 6.07) is 0. The van der Waals surface area contributed by atoms with Gasteiger partial charge in [0, 0.05) is 23.0 Å². The Morgan fingerprint density at radius 1 is 1.35 bits per heavy atom. The summed E-state index contributed by atoms with van der Waals surface area (Å²) in [7, 11) is 0. The van der Waals surface area contributed by atoms with Crippen LogP contribution in [0.3, 0.4) is 0 Å². The van der Waals surface area contributed by atoms with E-state index in [-0.39, 0.29) is 18.4 Å². The molecule has 0 radical (unpaired) electrons. The van der Waals surface area contributed by atoms with Crippen molar-refractivity contribution in [1.82, 2.24) is 0 Å². The first-order chi connectivity index (χ1) is 14.5. The molecular weight excluding hydrogens is 400 g/mol. The highest BCUT2D eigenvalue weighted by Gasteiger charge is 2.82. The molecule has 0 amide bonds. The minimum Gasteiger partial charge on any atom is -0.459 e. The van der Waals surface area contributed by atoms with Gasteiger partial charge in [-0.25, -0.2) is 4.79 Å². The number of hydrogen-bond acceptors (Lipinski definition) is 7. The fourth-order valence-electron chi connectivity index (χ4n) is 7.24. The van der Waals surface area contributed by atoms with Crippen LogP contribution in [0.15, 0.2) is 22.8 Å². The lowest BCUT2D eigenvalue weighted by atomic mass is 9.44. The van der Waals surface area contributed by atoms with E-state index in [4.69, 9.17) is 14.2 Å². The van der Waals surface area contributed by atoms with Gasteiger partial charge in [-0.05, 0) is 51.5 Å². The first kappa shape index (κ1) is 21.2. The lowest BCUT2D eigenvalue weighted by molar-refractivity contribution is -0.263. The molecule has 0 aromatic rings. The molecule has 1 spiro atoms. The second-order valence-corrected chi connectivity index (χ2v) is 10.5. The first-order valence-corrected chi connectivity index (χ1v) is 11.3. The van der Waals surface area contributed by atoms with Gasteiger partial charge in [0.25, 0.3) is 0 Å². The highest BCUT2D eigenvalue weighted by atomic mass is 16.6. The van der Waals surface area contributed by atoms with Crippen LogP contribution in [0, 0.1) is 16.7 Å². The van der Waals surface area contributed by atoms with Gasteiger partial charge in [0.05, 0.1) is 12.7 Å². The summed E-state index contributed by atoms with van der Waals surface area (Å²) in [5.74, 6) is -0.960. The Labute approximate surface area is 182 Å². The van der Waals surface area contributed by atoms with Crippen molar-refractivity contribution >= 4 is 11.9 Å². The van der Waals surface area contributed by atoms with Gasteiger partial charge in [0.1, 0.15) is 28.8 Å². The number of carbonyl (C=O) groups is 2. The summed E-state index contributed by atoms with van der Waals surface area (Å²) in [6.45, 7) is 9.00. The van der Waals surface area contributed by atoms with E-state index in [1.165, 1.54) is 0 Å². The second kappa shape index (κ2) is 6.21. The van der Waals surface area contributed by atoms with Crippen molar-refractivity contribution < 1.29 is 34.0 Å². The van der Waals surface area contributed by atoms with Gasteiger partial charge >= 0.3 is 11.9 Å². The zero-order valence-electron chi connectivity index (χ0n) is 18.9. The van der Waals surface area contributed by atoms with Crippen molar-refractivity contribution in [3.8, 4) is 0 Å². The van der Waals surface area contributed by atoms with E-state index in [9.17, 15) is 19.8 Å². The number of fused-ring (bicyclic) bond motifs is 1. The maximum absolute atomic E-state index is 13.5. The Bertz CT molecular complexity index is 936. The molecule has 3 heterocycles. The SMILES string of the molecule is CC=C(C)C(=O)OC1C2=C(C)C3CC4(CO)C(=O)OC5CCC(C)C1(C)C5(O)CC24O3. The maximum atomic E-state index is 13.5. The summed E-state index contributed by atoms with van der Waals surface area (Å²) in [4.78, 5) is 26.4. The zero-order chi connectivity index (χ0) is 22.6. The fraction of sp³-hybridized carbons (Fsp3) is 0.750. The summed E-state index contributed by atoms with van der Waals surface area (Å²) in [5.41, 5.74) is -2.70. The average Bonchev–Trinajstić information content (AvgIpc) is 3.18. The molecule has 8 unspecified atom stereocenters. The number of aliphatic hydroxyl groups excluding tert-OH is 1. The number of hydrogen-bond donors (Lipinski definition) is 2. The van der Waals surface area contributed by atoms with Crippen molar-refractivity contribution in [3.63, 3.8) is 0 Å². The van der Waals surface area contributed by atoms with Crippen molar-refractivity contribution in [1.29, 1.82) is 0 Å². The van der Waals surface area contributed by atoms with Gasteiger partial charge in [-0.3, -0.25) is 4.79 Å². The Kier molecular flexibility index (Phi) is 4.24. The zero-order valence-corrected chi connectivity index (χ0v) is 18.9. The molecule has 0 aromatic carbocycles. The lowest BCUT2D eigenvalue weighted by Crippen LogP contribution is -2.73. The monoisotopic (exact) mass is 432 g/mol. The third-order valence-electron chi connectivity index (χ3n) is 9.56. The molecule has 2 saturated carbocycles. The predicted octanol–water partition coefficient (Wildman–Crippen LogP) is 2.20. The molecule has 170 valence electrons. The minimum atomic E-state index is -1.45. The molecule has 3 bridgehead atoms. The number of carbonyl (C=O) groups excluding carboxylic acids is 2. The maximum Gasteiger partial charge on any atom is 0.333 e. The Hall–Kier alpha value is -1.70. The molecular formula is C24H32O7. The molecule has 31 heavy (non-hydrogen) atoms. The topological polar surface area (TPSA) is 102 Å². The van der Waals surface area contributed by atoms with E-state index in [1.807, 2.05) is 13.8 Å². The quantitative estimate of drug-likeness (QED) is 0.400. The fourth-order valence-corrected chi connectivity index (χ4v) is 7.24. The van der Waals surface area contributed by atoms with E-state index in [2.05, 4.69) is 6.92 Å². The van der Waals surface area contributed by atoms with Crippen molar-refractivity contribution in [2.45, 2.75) is 89.8 Å². The van der Waals surface area contributed by atoms with Crippen LogP contribution in [-0.2, 0) is 23.8 Å². The van der Waals surface area contributed by atoms with Crippen molar-refractivity contribution in [3.05, 3.63) is 22.8 Å². The highest BCUT2D eigenvalue weighted by molar-refractivity contribution is 5.88. The van der Waals surface area contributed by atoms with E-state index >= 15 is 0 Å². The molecule has 4 fully saturated rings. The number of aliphatic hydroxyl groups is 2. The van der Waals surface area contributed by atoms with Crippen LogP contribution in [0.25, 0.3) is 0 Å². The van der Waals surface area contributed by atoms with Crippen molar-refractivity contribution in [2.75, 3.05) is 6.61 Å². The molecule has 2 saturated heterocycles. The van der Waals surface area contributed by atoms with Crippen LogP contribution in [0.1, 0.15) is 60.3 Å². The minimum absolute atomic E-state index is 0.00886. The second-order valence-electron chi connectivity index (χ2n) is 10.5. The molecule has 5 rings (SSSR count). The summed E-state index contributed by atoms with van der Waals surface area (Å²) in [5, 5.41) is 22.8. The molecule has 5 aliphatic rings. The van der Waals surface area contributed by atoms with Crippen LogP contribution in [0.2, 0.25) is 0 Å². The van der Waals surface area contributed by atoms with Gasteiger partial charge in [-0.2, -0.15) is 0 Å². The lowest BCUT2D eigenvalue weighted by Gasteiger charge is -2.63. The number of allylic oxidation sites excluding steroid dienone is 1. The number of rotatable bonds is 3. The van der Waals surface area contributed by atoms with Crippen LogP contribution in [0.5, 0.6) is 0 Å². The summed E-state index contributed by atoms with van der Waals surface area (Å²) < 4.78 is 18.6. The van der Waals surface area contributed by atoms with E-state index < -0.39 is 52.8 Å². The Balaban J connectivity index is 1.79. The Morgan fingerprint density at radius 3 is 2.71 bits per heavy atom. The average molecular weight is 433 g/mol. The first-order valence-electron chi connectivity index (χ1n) is 11.3. The highest BCUT2D eigenvalue weighted by Crippen LogP contribution is 2.72. The van der Waals surface area contributed by atoms with Crippen LogP contribution >= 0.6 is 0 Å². The van der Waals surface area contributed by atoms with Gasteiger partial charge in [-0.1, -0.05) is 19.9 Å². The molecule has 8 atom stereocenters. The molecule has 0 aromatic heterocycles. The molecule has 2 N–H and O–H groups in total. The van der Waals surface area contributed by atoms with E-state index in [1.54, 1.807) is 19.9 Å². The third kappa shape index (κ3) is 2.11. The number of ether oxygens (including phenoxy) is 3. The smallest absolute Gasteiger partial charge is 0.333 e. The van der Waals surface area contributed by atoms with Gasteiger partial charge in [0.15, 0.2) is 0 Å². The van der Waals surface area contributed by atoms with Crippen LogP contribution in [-0.4, -0.2) is 58.3 Å². The Morgan fingerprint density at radius 2 is 2.06 bits per heavy atom. The molecule has 7 nitrogen and oxygen atoms in total. The largest absolute Gasteiger partial charge is 0.459 e. The van der Waals surface area contributed by atoms with Crippen molar-refractivity contribution in [2.24, 2.45) is 16.7 Å². The number of esters is 2. The van der Waals surface area contributed by atoms with Gasteiger partial charge < -0.3 is 24.4 Å².